The van der Waals surface area contributed by atoms with Crippen LogP contribution in [0.15, 0.2) is 24.5 Å². The van der Waals surface area contributed by atoms with Crippen molar-refractivity contribution < 1.29 is 9.53 Å². The topological polar surface area (TPSA) is 63.2 Å². The molecule has 0 aliphatic rings. The number of anilines is 1. The van der Waals surface area contributed by atoms with Gasteiger partial charge >= 0.3 is 5.97 Å². The van der Waals surface area contributed by atoms with Gasteiger partial charge in [-0.25, -0.2) is 4.79 Å². The number of carbonyl (C=O) groups is 1. The van der Waals surface area contributed by atoms with Crippen molar-refractivity contribution in [1.29, 1.82) is 0 Å². The largest absolute Gasteiger partial charge is 0.465 e. The second-order valence-corrected chi connectivity index (χ2v) is 6.28. The third kappa shape index (κ3) is 3.80. The van der Waals surface area contributed by atoms with Gasteiger partial charge in [-0.3, -0.25) is 4.98 Å². The van der Waals surface area contributed by atoms with Crippen LogP contribution in [0.3, 0.4) is 0 Å². The maximum atomic E-state index is 11.9. The molecule has 22 heavy (non-hydrogen) atoms. The summed E-state index contributed by atoms with van der Waals surface area (Å²) in [5, 5.41) is 7.35. The Labute approximate surface area is 138 Å². The van der Waals surface area contributed by atoms with Gasteiger partial charge in [-0.05, 0) is 49.3 Å². The molecule has 0 aliphatic carbocycles. The lowest BCUT2D eigenvalue weighted by atomic mass is 10.1. The Bertz CT molecular complexity index is 684. The molecule has 0 bridgehead atoms. The molecule has 2 aromatic heterocycles. The summed E-state index contributed by atoms with van der Waals surface area (Å²) in [6.07, 6.45) is 3.46. The summed E-state index contributed by atoms with van der Waals surface area (Å²) in [6.45, 7) is 4.45. The van der Waals surface area contributed by atoms with Gasteiger partial charge in [0.1, 0.15) is 5.00 Å². The third-order valence-corrected chi connectivity index (χ3v) is 4.57. The first kappa shape index (κ1) is 16.4. The molecule has 2 heterocycles. The molecule has 0 radical (unpaired) electrons. The summed E-state index contributed by atoms with van der Waals surface area (Å²) in [7, 11) is 1.37. The molecular formula is C15H17N3O2S2. The number of carbonyl (C=O) groups excluding carboxylic acids is 1. The van der Waals surface area contributed by atoms with Crippen molar-refractivity contribution in [2.45, 2.75) is 20.4 Å². The lowest BCUT2D eigenvalue weighted by Crippen LogP contribution is -2.28. The zero-order valence-electron chi connectivity index (χ0n) is 12.6. The molecule has 2 N–H and O–H groups in total. The number of nitrogens with zero attached hydrogens (tertiary/aromatic N) is 1. The molecule has 2 rings (SSSR count). The first-order valence-electron chi connectivity index (χ1n) is 6.65. The molecule has 0 unspecified atom stereocenters. The van der Waals surface area contributed by atoms with Crippen LogP contribution in [-0.4, -0.2) is 23.2 Å². The van der Waals surface area contributed by atoms with Crippen molar-refractivity contribution >= 4 is 39.6 Å². The zero-order valence-corrected chi connectivity index (χ0v) is 14.2. The first-order valence-corrected chi connectivity index (χ1v) is 7.87. The Morgan fingerprint density at radius 1 is 1.36 bits per heavy atom. The number of thiophene rings is 1. The molecule has 0 spiro atoms. The van der Waals surface area contributed by atoms with Gasteiger partial charge in [0.25, 0.3) is 0 Å². The third-order valence-electron chi connectivity index (χ3n) is 3.20. The Morgan fingerprint density at radius 2 is 2.05 bits per heavy atom. The van der Waals surface area contributed by atoms with Gasteiger partial charge in [0, 0.05) is 23.8 Å². The molecule has 0 aliphatic heterocycles. The summed E-state index contributed by atoms with van der Waals surface area (Å²) < 4.78 is 4.84. The first-order chi connectivity index (χ1) is 10.5. The summed E-state index contributed by atoms with van der Waals surface area (Å²) in [4.78, 5) is 16.9. The summed E-state index contributed by atoms with van der Waals surface area (Å²) in [5.74, 6) is -0.360. The molecule has 0 aromatic carbocycles. The maximum Gasteiger partial charge on any atom is 0.341 e. The van der Waals surface area contributed by atoms with Crippen LogP contribution in [-0.2, 0) is 11.3 Å². The number of ether oxygens (including phenoxy) is 1. The highest BCUT2D eigenvalue weighted by Crippen LogP contribution is 2.32. The monoisotopic (exact) mass is 335 g/mol. The number of esters is 1. The Balaban J connectivity index is 2.05. The van der Waals surface area contributed by atoms with Crippen LogP contribution in [0.1, 0.15) is 26.4 Å². The van der Waals surface area contributed by atoms with E-state index in [0.717, 1.165) is 16.0 Å². The van der Waals surface area contributed by atoms with E-state index in [9.17, 15) is 4.79 Å². The lowest BCUT2D eigenvalue weighted by molar-refractivity contribution is 0.0601. The quantitative estimate of drug-likeness (QED) is 0.661. The average molecular weight is 335 g/mol. The Morgan fingerprint density at radius 3 is 2.68 bits per heavy atom. The van der Waals surface area contributed by atoms with Gasteiger partial charge in [0.2, 0.25) is 0 Å². The second-order valence-electron chi connectivity index (χ2n) is 4.64. The normalized spacial score (nSPS) is 10.1. The predicted molar refractivity (Wildman–Crippen MR) is 92.4 cm³/mol. The molecule has 0 amide bonds. The van der Waals surface area contributed by atoms with Crippen LogP contribution in [0.25, 0.3) is 0 Å². The van der Waals surface area contributed by atoms with Gasteiger partial charge in [-0.2, -0.15) is 0 Å². The minimum absolute atomic E-state index is 0.360. The van der Waals surface area contributed by atoms with E-state index in [1.54, 1.807) is 12.4 Å². The number of aromatic nitrogens is 1. The van der Waals surface area contributed by atoms with E-state index in [-0.39, 0.29) is 5.97 Å². The number of methoxy groups -OCH3 is 1. The molecule has 7 heteroatoms. The maximum absolute atomic E-state index is 11.9. The fourth-order valence-corrected chi connectivity index (χ4v) is 3.18. The predicted octanol–water partition coefficient (Wildman–Crippen LogP) is 3.03. The number of thiocarbonyl (C=S) groups is 1. The highest BCUT2D eigenvalue weighted by Gasteiger charge is 2.20. The number of nitrogens with one attached hydrogen (secondary N) is 2. The van der Waals surface area contributed by atoms with Crippen molar-refractivity contribution in [3.63, 3.8) is 0 Å². The molecule has 0 saturated heterocycles. The second kappa shape index (κ2) is 7.33. The molecular weight excluding hydrogens is 318 g/mol. The van der Waals surface area contributed by atoms with Crippen molar-refractivity contribution in [1.82, 2.24) is 10.3 Å². The van der Waals surface area contributed by atoms with Gasteiger partial charge in [-0.15, -0.1) is 11.3 Å². The number of rotatable bonds is 4. The highest BCUT2D eigenvalue weighted by atomic mass is 32.1. The lowest BCUT2D eigenvalue weighted by Gasteiger charge is -2.10. The molecule has 116 valence electrons. The van der Waals surface area contributed by atoms with Crippen LogP contribution in [0.5, 0.6) is 0 Å². The minimum atomic E-state index is -0.360. The Hall–Kier alpha value is -1.99. The van der Waals surface area contributed by atoms with Gasteiger partial charge in [0.15, 0.2) is 5.11 Å². The van der Waals surface area contributed by atoms with Crippen molar-refractivity contribution in [3.8, 4) is 0 Å². The van der Waals surface area contributed by atoms with E-state index in [1.807, 2.05) is 26.0 Å². The fourth-order valence-electron chi connectivity index (χ4n) is 1.89. The molecule has 2 aromatic rings. The molecule has 5 nitrogen and oxygen atoms in total. The number of aryl methyl sites for hydroxylation is 1. The smallest absolute Gasteiger partial charge is 0.341 e. The SMILES string of the molecule is COC(=O)c1c(NC(=S)NCc2ccncc2)sc(C)c1C. The molecule has 0 atom stereocenters. The summed E-state index contributed by atoms with van der Waals surface area (Å²) >= 11 is 6.77. The standard InChI is InChI=1S/C15H17N3O2S2/c1-9-10(2)22-13(12(9)14(19)20-3)18-15(21)17-8-11-4-6-16-7-5-11/h4-7H,8H2,1-3H3,(H2,17,18,21). The van der Waals surface area contributed by atoms with Crippen molar-refractivity contribution in [3.05, 3.63) is 46.1 Å². The summed E-state index contributed by atoms with van der Waals surface area (Å²) in [6, 6.07) is 3.82. The van der Waals surface area contributed by atoms with Gasteiger partial charge in [0.05, 0.1) is 12.7 Å². The fraction of sp³-hybridized carbons (Fsp3) is 0.267. The van der Waals surface area contributed by atoms with Crippen LogP contribution in [0.4, 0.5) is 5.00 Å². The highest BCUT2D eigenvalue weighted by molar-refractivity contribution is 7.80. The van der Waals surface area contributed by atoms with Crippen LogP contribution < -0.4 is 10.6 Å². The zero-order chi connectivity index (χ0) is 16.1. The van der Waals surface area contributed by atoms with Crippen LogP contribution in [0, 0.1) is 13.8 Å². The number of pyridine rings is 1. The molecule has 0 saturated carbocycles. The van der Waals surface area contributed by atoms with E-state index in [1.165, 1.54) is 18.4 Å². The van der Waals surface area contributed by atoms with E-state index in [2.05, 4.69) is 15.6 Å². The summed E-state index contributed by atoms with van der Waals surface area (Å²) in [5.41, 5.74) is 2.53. The van der Waals surface area contributed by atoms with E-state index < -0.39 is 0 Å². The van der Waals surface area contributed by atoms with E-state index in [0.29, 0.717) is 22.2 Å². The number of hydrogen-bond donors (Lipinski definition) is 2. The molecule has 0 fully saturated rings. The van der Waals surface area contributed by atoms with E-state index >= 15 is 0 Å². The number of hydrogen-bond acceptors (Lipinski definition) is 5. The Kier molecular flexibility index (Phi) is 5.46. The minimum Gasteiger partial charge on any atom is -0.465 e. The van der Waals surface area contributed by atoms with Gasteiger partial charge in [-0.1, -0.05) is 0 Å². The van der Waals surface area contributed by atoms with Crippen LogP contribution in [0.2, 0.25) is 0 Å². The van der Waals surface area contributed by atoms with Crippen molar-refractivity contribution in [2.24, 2.45) is 0 Å². The van der Waals surface area contributed by atoms with Crippen molar-refractivity contribution in [2.75, 3.05) is 12.4 Å². The van der Waals surface area contributed by atoms with E-state index in [4.69, 9.17) is 17.0 Å². The van der Waals surface area contributed by atoms with Crippen LogP contribution >= 0.6 is 23.6 Å². The average Bonchev–Trinajstić information content (AvgIpc) is 2.80. The van der Waals surface area contributed by atoms with Gasteiger partial charge < -0.3 is 15.4 Å².